The van der Waals surface area contributed by atoms with E-state index in [1.165, 1.54) is 37.7 Å². The standard InChI is InChI=1S/C15H21BrClN/c1-11(12-5-3-2-4-6-12)18-10-13-9-14(17)7-8-15(13)16/h7-9,11-12,18H,2-6,10H2,1H3/t11-/m1/s1. The zero-order chi connectivity index (χ0) is 13.0. The summed E-state index contributed by atoms with van der Waals surface area (Å²) in [6.45, 7) is 3.20. The topological polar surface area (TPSA) is 12.0 Å². The zero-order valence-electron chi connectivity index (χ0n) is 10.9. The van der Waals surface area contributed by atoms with Crippen LogP contribution in [0.25, 0.3) is 0 Å². The van der Waals surface area contributed by atoms with Crippen molar-refractivity contribution in [1.29, 1.82) is 0 Å². The average Bonchev–Trinajstić information content (AvgIpc) is 2.40. The summed E-state index contributed by atoms with van der Waals surface area (Å²) in [5, 5.41) is 4.45. The van der Waals surface area contributed by atoms with E-state index in [0.29, 0.717) is 6.04 Å². The molecule has 0 heterocycles. The van der Waals surface area contributed by atoms with Crippen LogP contribution >= 0.6 is 27.5 Å². The van der Waals surface area contributed by atoms with Gasteiger partial charge in [-0.15, -0.1) is 0 Å². The SMILES string of the molecule is C[C@@H](NCc1cc(Cl)ccc1Br)C1CCCCC1. The first-order chi connectivity index (χ1) is 8.66. The highest BCUT2D eigenvalue weighted by atomic mass is 79.9. The summed E-state index contributed by atoms with van der Waals surface area (Å²) >= 11 is 9.61. The van der Waals surface area contributed by atoms with Crippen LogP contribution in [0.3, 0.4) is 0 Å². The summed E-state index contributed by atoms with van der Waals surface area (Å²) in [5.41, 5.74) is 1.24. The van der Waals surface area contributed by atoms with Gasteiger partial charge in [0.1, 0.15) is 0 Å². The molecule has 18 heavy (non-hydrogen) atoms. The Balaban J connectivity index is 1.88. The summed E-state index contributed by atoms with van der Waals surface area (Å²) < 4.78 is 1.13. The Bertz CT molecular complexity index is 388. The van der Waals surface area contributed by atoms with Crippen molar-refractivity contribution in [1.82, 2.24) is 5.32 Å². The molecule has 0 saturated heterocycles. The zero-order valence-corrected chi connectivity index (χ0v) is 13.2. The second-order valence-corrected chi connectivity index (χ2v) is 6.59. The molecule has 1 atom stereocenters. The highest BCUT2D eigenvalue weighted by Crippen LogP contribution is 2.27. The minimum Gasteiger partial charge on any atom is -0.310 e. The summed E-state index contributed by atoms with van der Waals surface area (Å²) in [6.07, 6.45) is 6.98. The molecule has 1 saturated carbocycles. The Labute approximate surface area is 123 Å². The van der Waals surface area contributed by atoms with Crippen molar-refractivity contribution in [3.63, 3.8) is 0 Å². The van der Waals surface area contributed by atoms with Crippen LogP contribution in [0.4, 0.5) is 0 Å². The lowest BCUT2D eigenvalue weighted by Crippen LogP contribution is -2.34. The van der Waals surface area contributed by atoms with Gasteiger partial charge in [-0.05, 0) is 49.4 Å². The first kappa shape index (κ1) is 14.4. The van der Waals surface area contributed by atoms with Crippen molar-refractivity contribution in [2.75, 3.05) is 0 Å². The van der Waals surface area contributed by atoms with E-state index in [0.717, 1.165) is 22.0 Å². The number of hydrogen-bond acceptors (Lipinski definition) is 1. The van der Waals surface area contributed by atoms with E-state index in [1.54, 1.807) is 0 Å². The number of halogens is 2. The highest BCUT2D eigenvalue weighted by molar-refractivity contribution is 9.10. The van der Waals surface area contributed by atoms with Crippen LogP contribution in [-0.2, 0) is 6.54 Å². The van der Waals surface area contributed by atoms with Crippen LogP contribution in [0.5, 0.6) is 0 Å². The molecule has 0 amide bonds. The van der Waals surface area contributed by atoms with Crippen molar-refractivity contribution in [2.45, 2.75) is 51.6 Å². The summed E-state index contributed by atoms with van der Waals surface area (Å²) in [4.78, 5) is 0. The lowest BCUT2D eigenvalue weighted by Gasteiger charge is -2.28. The first-order valence-electron chi connectivity index (χ1n) is 6.84. The maximum absolute atomic E-state index is 6.03. The smallest absolute Gasteiger partial charge is 0.0410 e. The lowest BCUT2D eigenvalue weighted by atomic mass is 9.84. The molecule has 0 bridgehead atoms. The molecular formula is C15H21BrClN. The molecule has 0 spiro atoms. The summed E-state index contributed by atoms with van der Waals surface area (Å²) in [5.74, 6) is 0.844. The molecule has 0 unspecified atom stereocenters. The monoisotopic (exact) mass is 329 g/mol. The Morgan fingerprint density at radius 2 is 2.06 bits per heavy atom. The second-order valence-electron chi connectivity index (χ2n) is 5.30. The predicted molar refractivity (Wildman–Crippen MR) is 82.0 cm³/mol. The number of benzene rings is 1. The molecule has 0 radical (unpaired) electrons. The average molecular weight is 331 g/mol. The van der Waals surface area contributed by atoms with Crippen LogP contribution in [0, 0.1) is 5.92 Å². The Morgan fingerprint density at radius 3 is 2.78 bits per heavy atom. The molecule has 2 rings (SSSR count). The predicted octanol–water partition coefficient (Wildman–Crippen LogP) is 5.16. The van der Waals surface area contributed by atoms with Gasteiger partial charge < -0.3 is 5.32 Å². The Kier molecular flexibility index (Phi) is 5.53. The van der Waals surface area contributed by atoms with Gasteiger partial charge in [0, 0.05) is 22.1 Å². The molecule has 3 heteroatoms. The third-order valence-corrected chi connectivity index (χ3v) is 4.99. The number of hydrogen-bond donors (Lipinski definition) is 1. The molecule has 0 aliphatic heterocycles. The van der Waals surface area contributed by atoms with E-state index in [4.69, 9.17) is 11.6 Å². The molecule has 1 aliphatic rings. The summed E-state index contributed by atoms with van der Waals surface area (Å²) in [6, 6.07) is 6.56. The van der Waals surface area contributed by atoms with Gasteiger partial charge in [-0.3, -0.25) is 0 Å². The fourth-order valence-electron chi connectivity index (χ4n) is 2.75. The van der Waals surface area contributed by atoms with E-state index in [-0.39, 0.29) is 0 Å². The fraction of sp³-hybridized carbons (Fsp3) is 0.600. The van der Waals surface area contributed by atoms with Crippen molar-refractivity contribution in [2.24, 2.45) is 5.92 Å². The second kappa shape index (κ2) is 6.93. The normalized spacial score (nSPS) is 18.8. The van der Waals surface area contributed by atoms with Gasteiger partial charge in [-0.1, -0.05) is 46.8 Å². The van der Waals surface area contributed by atoms with Gasteiger partial charge in [0.05, 0.1) is 0 Å². The third kappa shape index (κ3) is 3.97. The van der Waals surface area contributed by atoms with E-state index in [2.05, 4.69) is 28.2 Å². The maximum atomic E-state index is 6.03. The molecule has 100 valence electrons. The first-order valence-corrected chi connectivity index (χ1v) is 8.01. The largest absolute Gasteiger partial charge is 0.310 e. The van der Waals surface area contributed by atoms with Crippen molar-refractivity contribution in [3.05, 3.63) is 33.3 Å². The third-order valence-electron chi connectivity index (χ3n) is 3.98. The molecule has 1 nitrogen and oxygen atoms in total. The van der Waals surface area contributed by atoms with Gasteiger partial charge in [0.25, 0.3) is 0 Å². The van der Waals surface area contributed by atoms with Crippen LogP contribution in [0.1, 0.15) is 44.6 Å². The van der Waals surface area contributed by atoms with E-state index in [9.17, 15) is 0 Å². The molecule has 1 fully saturated rings. The molecule has 1 aliphatic carbocycles. The van der Waals surface area contributed by atoms with Crippen LogP contribution in [-0.4, -0.2) is 6.04 Å². The van der Waals surface area contributed by atoms with Crippen molar-refractivity contribution < 1.29 is 0 Å². The number of nitrogens with one attached hydrogen (secondary N) is 1. The minimum absolute atomic E-state index is 0.594. The van der Waals surface area contributed by atoms with Crippen LogP contribution < -0.4 is 5.32 Å². The van der Waals surface area contributed by atoms with Gasteiger partial charge in [-0.2, -0.15) is 0 Å². The molecule has 1 N–H and O–H groups in total. The van der Waals surface area contributed by atoms with Crippen molar-refractivity contribution >= 4 is 27.5 Å². The summed E-state index contributed by atoms with van der Waals surface area (Å²) in [7, 11) is 0. The van der Waals surface area contributed by atoms with E-state index < -0.39 is 0 Å². The van der Waals surface area contributed by atoms with Gasteiger partial charge in [0.2, 0.25) is 0 Å². The maximum Gasteiger partial charge on any atom is 0.0410 e. The molecule has 1 aromatic rings. The van der Waals surface area contributed by atoms with E-state index >= 15 is 0 Å². The minimum atomic E-state index is 0.594. The molecule has 0 aromatic heterocycles. The lowest BCUT2D eigenvalue weighted by molar-refractivity contribution is 0.280. The van der Waals surface area contributed by atoms with Gasteiger partial charge >= 0.3 is 0 Å². The quantitative estimate of drug-likeness (QED) is 0.804. The van der Waals surface area contributed by atoms with E-state index in [1.807, 2.05) is 18.2 Å². The fourth-order valence-corrected chi connectivity index (χ4v) is 3.33. The van der Waals surface area contributed by atoms with Gasteiger partial charge in [0.15, 0.2) is 0 Å². The number of rotatable bonds is 4. The van der Waals surface area contributed by atoms with Crippen molar-refractivity contribution in [3.8, 4) is 0 Å². The molecule has 1 aromatic carbocycles. The van der Waals surface area contributed by atoms with Crippen LogP contribution in [0.2, 0.25) is 5.02 Å². The highest BCUT2D eigenvalue weighted by Gasteiger charge is 2.19. The van der Waals surface area contributed by atoms with Crippen LogP contribution in [0.15, 0.2) is 22.7 Å². The molecular weight excluding hydrogens is 310 g/mol. The Hall–Kier alpha value is -0.0500. The van der Waals surface area contributed by atoms with Gasteiger partial charge in [-0.25, -0.2) is 0 Å². The Morgan fingerprint density at radius 1 is 1.33 bits per heavy atom.